The summed E-state index contributed by atoms with van der Waals surface area (Å²) in [4.78, 5) is 8.90. The predicted molar refractivity (Wildman–Crippen MR) is 104 cm³/mol. The van der Waals surface area contributed by atoms with Gasteiger partial charge in [-0.1, -0.05) is 35.9 Å². The normalized spacial score (nSPS) is 19.8. The molecule has 0 fully saturated rings. The summed E-state index contributed by atoms with van der Waals surface area (Å²) in [6.07, 6.45) is 2.10. The fourth-order valence-corrected chi connectivity index (χ4v) is 3.28. The summed E-state index contributed by atoms with van der Waals surface area (Å²) in [7, 11) is 0. The summed E-state index contributed by atoms with van der Waals surface area (Å²) < 4.78 is 0. The van der Waals surface area contributed by atoms with E-state index in [1.165, 1.54) is 0 Å². The van der Waals surface area contributed by atoms with Crippen LogP contribution < -0.4 is 16.8 Å². The van der Waals surface area contributed by atoms with Gasteiger partial charge in [0.1, 0.15) is 5.84 Å². The van der Waals surface area contributed by atoms with Crippen molar-refractivity contribution in [2.24, 2.45) is 21.5 Å². The van der Waals surface area contributed by atoms with E-state index in [0.717, 1.165) is 27.6 Å². The number of hydrogen-bond donors (Lipinski definition) is 4. The SMILES string of the molecule is Cc1ccc(CC2(N)N=C(N)NC(c3ccc4cn[nH]c4c3)=N2)c(Cl)c1. The van der Waals surface area contributed by atoms with E-state index in [4.69, 9.17) is 23.1 Å². The maximum atomic E-state index is 6.44. The van der Waals surface area contributed by atoms with Crippen molar-refractivity contribution >= 4 is 34.3 Å². The van der Waals surface area contributed by atoms with Crippen molar-refractivity contribution < 1.29 is 0 Å². The molecule has 3 aromatic rings. The van der Waals surface area contributed by atoms with Crippen LogP contribution in [0.4, 0.5) is 0 Å². The van der Waals surface area contributed by atoms with Gasteiger partial charge in [-0.25, -0.2) is 9.98 Å². The van der Waals surface area contributed by atoms with Crippen molar-refractivity contribution in [3.05, 3.63) is 64.3 Å². The van der Waals surface area contributed by atoms with E-state index in [1.807, 2.05) is 43.3 Å². The monoisotopic (exact) mass is 367 g/mol. The highest BCUT2D eigenvalue weighted by atomic mass is 35.5. The third-order valence-electron chi connectivity index (χ3n) is 4.24. The Morgan fingerprint density at radius 2 is 2.00 bits per heavy atom. The van der Waals surface area contributed by atoms with Crippen LogP contribution in [-0.4, -0.2) is 27.8 Å². The van der Waals surface area contributed by atoms with Gasteiger partial charge in [0.15, 0.2) is 5.96 Å². The average molecular weight is 368 g/mol. The zero-order valence-corrected chi connectivity index (χ0v) is 14.9. The van der Waals surface area contributed by atoms with Gasteiger partial charge in [-0.05, 0) is 30.2 Å². The minimum atomic E-state index is -1.23. The lowest BCUT2D eigenvalue weighted by atomic mass is 10.0. The molecule has 4 rings (SSSR count). The molecule has 2 heterocycles. The number of halogens is 1. The number of benzene rings is 2. The van der Waals surface area contributed by atoms with E-state index >= 15 is 0 Å². The van der Waals surface area contributed by atoms with Crippen LogP contribution in [0.2, 0.25) is 5.02 Å². The minimum absolute atomic E-state index is 0.213. The Morgan fingerprint density at radius 1 is 1.15 bits per heavy atom. The first kappa shape index (κ1) is 16.6. The van der Waals surface area contributed by atoms with E-state index in [2.05, 4.69) is 25.5 Å². The number of fused-ring (bicyclic) bond motifs is 1. The number of nitrogens with one attached hydrogen (secondary N) is 2. The molecule has 1 aliphatic heterocycles. The third kappa shape index (κ3) is 3.14. The molecule has 0 radical (unpaired) electrons. The van der Waals surface area contributed by atoms with Gasteiger partial charge >= 0.3 is 0 Å². The molecule has 26 heavy (non-hydrogen) atoms. The number of nitrogens with two attached hydrogens (primary N) is 2. The van der Waals surface area contributed by atoms with Gasteiger partial charge in [-0.3, -0.25) is 10.8 Å². The fourth-order valence-electron chi connectivity index (χ4n) is 2.98. The van der Waals surface area contributed by atoms with Gasteiger partial charge in [0.25, 0.3) is 0 Å². The number of aromatic amines is 1. The van der Waals surface area contributed by atoms with Crippen molar-refractivity contribution in [1.29, 1.82) is 0 Å². The molecule has 0 saturated carbocycles. The summed E-state index contributed by atoms with van der Waals surface area (Å²) in [5.41, 5.74) is 16.1. The highest BCUT2D eigenvalue weighted by Crippen LogP contribution is 2.25. The molecule has 2 aromatic carbocycles. The van der Waals surface area contributed by atoms with Gasteiger partial charge in [0.05, 0.1) is 11.7 Å². The van der Waals surface area contributed by atoms with E-state index < -0.39 is 5.79 Å². The van der Waals surface area contributed by atoms with E-state index in [9.17, 15) is 0 Å². The largest absolute Gasteiger partial charge is 0.370 e. The molecule has 0 bridgehead atoms. The molecule has 0 aliphatic carbocycles. The number of aromatic nitrogens is 2. The van der Waals surface area contributed by atoms with E-state index in [1.54, 1.807) is 6.20 Å². The van der Waals surface area contributed by atoms with Gasteiger partial charge in [0, 0.05) is 22.4 Å². The lowest BCUT2D eigenvalue weighted by Crippen LogP contribution is -2.51. The number of rotatable bonds is 3. The zero-order valence-electron chi connectivity index (χ0n) is 14.1. The number of amidine groups is 1. The van der Waals surface area contributed by atoms with Crippen LogP contribution in [0.15, 0.2) is 52.6 Å². The molecular weight excluding hydrogens is 350 g/mol. The minimum Gasteiger partial charge on any atom is -0.370 e. The summed E-state index contributed by atoms with van der Waals surface area (Å²) in [5, 5.41) is 11.6. The van der Waals surface area contributed by atoms with Crippen LogP contribution in [-0.2, 0) is 6.42 Å². The first-order chi connectivity index (χ1) is 12.4. The molecular formula is C18H18ClN7. The summed E-state index contributed by atoms with van der Waals surface area (Å²) in [5.74, 6) is -0.461. The van der Waals surface area contributed by atoms with Crippen molar-refractivity contribution in [1.82, 2.24) is 15.5 Å². The number of hydrogen-bond acceptors (Lipinski definition) is 6. The summed E-state index contributed by atoms with van der Waals surface area (Å²) in [6.45, 7) is 1.98. The first-order valence-electron chi connectivity index (χ1n) is 8.11. The number of H-pyrrole nitrogens is 1. The Morgan fingerprint density at radius 3 is 2.81 bits per heavy atom. The molecule has 6 N–H and O–H groups in total. The van der Waals surface area contributed by atoms with Gasteiger partial charge in [0.2, 0.25) is 5.79 Å². The maximum absolute atomic E-state index is 6.44. The quantitative estimate of drug-likeness (QED) is 0.566. The number of guanidine groups is 1. The second-order valence-corrected chi connectivity index (χ2v) is 6.81. The lowest BCUT2D eigenvalue weighted by Gasteiger charge is -2.28. The Balaban J connectivity index is 1.71. The van der Waals surface area contributed by atoms with Crippen molar-refractivity contribution in [3.8, 4) is 0 Å². The second-order valence-electron chi connectivity index (χ2n) is 6.40. The fraction of sp³-hybridized carbons (Fsp3) is 0.167. The average Bonchev–Trinajstić information content (AvgIpc) is 3.04. The molecule has 1 aliphatic rings. The highest BCUT2D eigenvalue weighted by molar-refractivity contribution is 6.31. The van der Waals surface area contributed by atoms with Crippen molar-refractivity contribution in [2.45, 2.75) is 19.1 Å². The zero-order chi connectivity index (χ0) is 18.3. The highest BCUT2D eigenvalue weighted by Gasteiger charge is 2.30. The van der Waals surface area contributed by atoms with Crippen LogP contribution in [0.1, 0.15) is 16.7 Å². The van der Waals surface area contributed by atoms with E-state index in [-0.39, 0.29) is 5.96 Å². The van der Waals surface area contributed by atoms with Gasteiger partial charge in [-0.2, -0.15) is 5.10 Å². The van der Waals surface area contributed by atoms with Crippen LogP contribution in [0, 0.1) is 6.92 Å². The summed E-state index contributed by atoms with van der Waals surface area (Å²) in [6, 6.07) is 11.6. The summed E-state index contributed by atoms with van der Waals surface area (Å²) >= 11 is 6.34. The Hall–Kier alpha value is -2.90. The second kappa shape index (κ2) is 6.12. The topological polar surface area (TPSA) is 117 Å². The molecule has 0 amide bonds. The Bertz CT molecular complexity index is 1050. The predicted octanol–water partition coefficient (Wildman–Crippen LogP) is 2.04. The lowest BCUT2D eigenvalue weighted by molar-refractivity contribution is 0.458. The number of aliphatic imine (C=N–C) groups is 2. The van der Waals surface area contributed by atoms with Crippen LogP contribution >= 0.6 is 11.6 Å². The van der Waals surface area contributed by atoms with Crippen molar-refractivity contribution in [2.75, 3.05) is 0 Å². The molecule has 1 aromatic heterocycles. The van der Waals surface area contributed by atoms with Crippen LogP contribution in [0.3, 0.4) is 0 Å². The smallest absolute Gasteiger partial charge is 0.212 e. The molecule has 1 unspecified atom stereocenters. The maximum Gasteiger partial charge on any atom is 0.212 e. The van der Waals surface area contributed by atoms with Crippen molar-refractivity contribution in [3.63, 3.8) is 0 Å². The third-order valence-corrected chi connectivity index (χ3v) is 4.59. The number of aryl methyl sites for hydroxylation is 1. The van der Waals surface area contributed by atoms with E-state index in [0.29, 0.717) is 17.3 Å². The first-order valence-corrected chi connectivity index (χ1v) is 8.49. The Labute approximate surface area is 155 Å². The molecule has 8 heteroatoms. The number of nitrogens with zero attached hydrogens (tertiary/aromatic N) is 3. The van der Waals surface area contributed by atoms with Gasteiger partial charge in [-0.15, -0.1) is 0 Å². The molecule has 7 nitrogen and oxygen atoms in total. The van der Waals surface area contributed by atoms with Crippen LogP contribution in [0.5, 0.6) is 0 Å². The van der Waals surface area contributed by atoms with Gasteiger partial charge < -0.3 is 11.1 Å². The molecule has 132 valence electrons. The molecule has 0 spiro atoms. The van der Waals surface area contributed by atoms with Crippen LogP contribution in [0.25, 0.3) is 10.9 Å². The standard InChI is InChI=1S/C18H18ClN7/c1-10-2-3-12(14(19)6-10)8-18(21)24-16(23-17(20)25-18)11-4-5-13-9-22-26-15(13)7-11/h2-7,9H,8,21H2,1H3,(H,22,26)(H3,20,23,24,25). The molecule has 0 saturated heterocycles. The Kier molecular flexibility index (Phi) is 3.90. The molecule has 1 atom stereocenters.